The molecule has 0 aromatic heterocycles. The molecule has 2 fully saturated rings. The minimum Gasteiger partial charge on any atom is -0.354 e. The number of halogens is 3. The molecule has 0 spiro atoms. The standard InChI is InChI=1S/C19H24Cl3N3O4/c20-19(21,22)18(23-17(26)13-6-8-15(9-7-13)25(27)28)29-12-14-4-3-11-24-10-2-1-5-16(14)24/h6-9,14,16,18H,1-5,10-12H2,(H,23,26)/t14-,16-,18-/m1/s1. The van der Waals surface area contributed by atoms with Crippen LogP contribution in [0.5, 0.6) is 0 Å². The summed E-state index contributed by atoms with van der Waals surface area (Å²) in [5.74, 6) is -0.200. The molecule has 2 saturated heterocycles. The normalized spacial score (nSPS) is 23.8. The molecular weight excluding hydrogens is 441 g/mol. The van der Waals surface area contributed by atoms with Crippen LogP contribution in [0, 0.1) is 16.0 Å². The first-order chi connectivity index (χ1) is 13.8. The number of hydrogen-bond acceptors (Lipinski definition) is 5. The maximum Gasteiger partial charge on any atom is 0.269 e. The lowest BCUT2D eigenvalue weighted by atomic mass is 9.84. The molecule has 10 heteroatoms. The molecule has 0 unspecified atom stereocenters. The first kappa shape index (κ1) is 22.6. The van der Waals surface area contributed by atoms with Crippen molar-refractivity contribution in [1.29, 1.82) is 0 Å². The molecule has 2 heterocycles. The topological polar surface area (TPSA) is 84.7 Å². The molecule has 3 rings (SSSR count). The van der Waals surface area contributed by atoms with Gasteiger partial charge in [0, 0.05) is 23.7 Å². The molecule has 0 saturated carbocycles. The van der Waals surface area contributed by atoms with Gasteiger partial charge >= 0.3 is 0 Å². The zero-order chi connectivity index (χ0) is 21.0. The van der Waals surface area contributed by atoms with Gasteiger partial charge in [-0.2, -0.15) is 0 Å². The minimum absolute atomic E-state index is 0.106. The molecule has 1 aromatic rings. The number of piperidine rings is 2. The second kappa shape index (κ2) is 9.79. The van der Waals surface area contributed by atoms with Gasteiger partial charge in [-0.3, -0.25) is 14.9 Å². The Morgan fingerprint density at radius 1 is 1.21 bits per heavy atom. The predicted octanol–water partition coefficient (Wildman–Crippen LogP) is 4.30. The Morgan fingerprint density at radius 3 is 2.55 bits per heavy atom. The quantitative estimate of drug-likeness (QED) is 0.294. The van der Waals surface area contributed by atoms with Crippen molar-refractivity contribution in [3.63, 3.8) is 0 Å². The number of rotatable bonds is 6. The number of hydrogen-bond donors (Lipinski definition) is 1. The number of nitro benzene ring substituents is 1. The maximum atomic E-state index is 12.5. The molecule has 0 bridgehead atoms. The number of benzene rings is 1. The molecule has 29 heavy (non-hydrogen) atoms. The fourth-order valence-electron chi connectivity index (χ4n) is 4.15. The summed E-state index contributed by atoms with van der Waals surface area (Å²) < 4.78 is 4.04. The number of nitrogens with one attached hydrogen (secondary N) is 1. The Morgan fingerprint density at radius 2 is 1.90 bits per heavy atom. The van der Waals surface area contributed by atoms with Gasteiger partial charge < -0.3 is 15.0 Å². The van der Waals surface area contributed by atoms with Crippen LogP contribution in [0.2, 0.25) is 0 Å². The second-order valence-electron chi connectivity index (χ2n) is 7.53. The number of carbonyl (C=O) groups excluding carboxylic acids is 1. The average molecular weight is 465 g/mol. The zero-order valence-corrected chi connectivity index (χ0v) is 18.1. The van der Waals surface area contributed by atoms with E-state index in [2.05, 4.69) is 10.2 Å². The third kappa shape index (κ3) is 5.95. The predicted molar refractivity (Wildman–Crippen MR) is 113 cm³/mol. The maximum absolute atomic E-state index is 12.5. The van der Waals surface area contributed by atoms with Gasteiger partial charge in [-0.15, -0.1) is 0 Å². The van der Waals surface area contributed by atoms with E-state index in [1.165, 1.54) is 37.1 Å². The Labute approximate surface area is 184 Å². The number of fused-ring (bicyclic) bond motifs is 1. The highest BCUT2D eigenvalue weighted by atomic mass is 35.6. The first-order valence-electron chi connectivity index (χ1n) is 9.73. The average Bonchev–Trinajstić information content (AvgIpc) is 2.70. The van der Waals surface area contributed by atoms with Crippen molar-refractivity contribution in [3.05, 3.63) is 39.9 Å². The first-order valence-corrected chi connectivity index (χ1v) is 10.9. The number of carbonyl (C=O) groups is 1. The van der Waals surface area contributed by atoms with Gasteiger partial charge in [-0.25, -0.2) is 0 Å². The fourth-order valence-corrected chi connectivity index (χ4v) is 4.50. The summed E-state index contributed by atoms with van der Waals surface area (Å²) in [6.45, 7) is 2.62. The largest absolute Gasteiger partial charge is 0.354 e. The summed E-state index contributed by atoms with van der Waals surface area (Å²) in [6.07, 6.45) is 4.60. The highest BCUT2D eigenvalue weighted by molar-refractivity contribution is 6.68. The van der Waals surface area contributed by atoms with Gasteiger partial charge in [0.15, 0.2) is 6.23 Å². The number of amides is 1. The highest BCUT2D eigenvalue weighted by Gasteiger charge is 2.38. The Hall–Kier alpha value is -1.12. The Kier molecular flexibility index (Phi) is 7.62. The molecule has 1 amide bonds. The van der Waals surface area contributed by atoms with Crippen LogP contribution in [0.15, 0.2) is 24.3 Å². The monoisotopic (exact) mass is 463 g/mol. The highest BCUT2D eigenvalue weighted by Crippen LogP contribution is 2.34. The number of nitrogens with zero attached hydrogens (tertiary/aromatic N) is 2. The molecule has 7 nitrogen and oxygen atoms in total. The van der Waals surface area contributed by atoms with Crippen molar-refractivity contribution in [1.82, 2.24) is 10.2 Å². The third-order valence-electron chi connectivity index (χ3n) is 5.61. The van der Waals surface area contributed by atoms with Crippen molar-refractivity contribution < 1.29 is 14.5 Å². The zero-order valence-electron chi connectivity index (χ0n) is 15.9. The molecular formula is C19H24Cl3N3O4. The van der Waals surface area contributed by atoms with Crippen LogP contribution < -0.4 is 5.32 Å². The second-order valence-corrected chi connectivity index (χ2v) is 9.90. The molecule has 2 aliphatic heterocycles. The summed E-state index contributed by atoms with van der Waals surface area (Å²) in [6, 6.07) is 5.67. The van der Waals surface area contributed by atoms with Crippen molar-refractivity contribution >= 4 is 46.4 Å². The molecule has 160 valence electrons. The van der Waals surface area contributed by atoms with Crippen molar-refractivity contribution in [2.75, 3.05) is 19.7 Å². The van der Waals surface area contributed by atoms with E-state index in [4.69, 9.17) is 39.5 Å². The lowest BCUT2D eigenvalue weighted by Gasteiger charge is -2.44. The van der Waals surface area contributed by atoms with E-state index in [0.717, 1.165) is 32.4 Å². The summed E-state index contributed by atoms with van der Waals surface area (Å²) in [4.78, 5) is 25.3. The van der Waals surface area contributed by atoms with Crippen molar-refractivity contribution in [2.45, 2.75) is 48.2 Å². The van der Waals surface area contributed by atoms with Crippen molar-refractivity contribution in [3.8, 4) is 0 Å². The Bertz CT molecular complexity index is 724. The van der Waals surface area contributed by atoms with Gasteiger partial charge in [-0.1, -0.05) is 41.2 Å². The number of nitro groups is 1. The van der Waals surface area contributed by atoms with E-state index in [-0.39, 0.29) is 11.3 Å². The van der Waals surface area contributed by atoms with Gasteiger partial charge in [0.25, 0.3) is 11.6 Å². The van der Waals surface area contributed by atoms with Crippen LogP contribution in [0.3, 0.4) is 0 Å². The lowest BCUT2D eigenvalue weighted by molar-refractivity contribution is -0.384. The summed E-state index contributed by atoms with van der Waals surface area (Å²) in [5.41, 5.74) is 0.111. The van der Waals surface area contributed by atoms with Gasteiger partial charge in [0.05, 0.1) is 11.5 Å². The summed E-state index contributed by atoms with van der Waals surface area (Å²) >= 11 is 18.1. The van der Waals surface area contributed by atoms with Gasteiger partial charge in [0.2, 0.25) is 3.79 Å². The van der Waals surface area contributed by atoms with Crippen LogP contribution in [-0.4, -0.2) is 51.5 Å². The molecule has 1 N–H and O–H groups in total. The van der Waals surface area contributed by atoms with E-state index < -0.39 is 20.9 Å². The number of alkyl halides is 3. The van der Waals surface area contributed by atoms with E-state index in [9.17, 15) is 14.9 Å². The molecule has 0 radical (unpaired) electrons. The minimum atomic E-state index is -1.85. The number of non-ortho nitro benzene ring substituents is 1. The smallest absolute Gasteiger partial charge is 0.269 e. The van der Waals surface area contributed by atoms with Crippen molar-refractivity contribution in [2.24, 2.45) is 5.92 Å². The van der Waals surface area contributed by atoms with E-state index in [0.29, 0.717) is 18.6 Å². The van der Waals surface area contributed by atoms with Gasteiger partial charge in [0.1, 0.15) is 0 Å². The van der Waals surface area contributed by atoms with Crippen LogP contribution in [0.25, 0.3) is 0 Å². The Balaban J connectivity index is 1.62. The van der Waals surface area contributed by atoms with Crippen LogP contribution in [0.4, 0.5) is 5.69 Å². The summed E-state index contributed by atoms with van der Waals surface area (Å²) in [5, 5.41) is 13.3. The van der Waals surface area contributed by atoms with E-state index in [1.807, 2.05) is 0 Å². The molecule has 2 aliphatic rings. The molecule has 3 atom stereocenters. The fraction of sp³-hybridized carbons (Fsp3) is 0.632. The lowest BCUT2D eigenvalue weighted by Crippen LogP contribution is -2.51. The molecule has 0 aliphatic carbocycles. The number of ether oxygens (including phenoxy) is 1. The van der Waals surface area contributed by atoms with Crippen LogP contribution in [0.1, 0.15) is 42.5 Å². The van der Waals surface area contributed by atoms with E-state index >= 15 is 0 Å². The summed E-state index contributed by atoms with van der Waals surface area (Å²) in [7, 11) is 0. The van der Waals surface area contributed by atoms with Crippen LogP contribution in [-0.2, 0) is 4.74 Å². The molecule has 1 aromatic carbocycles. The van der Waals surface area contributed by atoms with Crippen LogP contribution >= 0.6 is 34.8 Å². The van der Waals surface area contributed by atoms with Gasteiger partial charge in [-0.05, 0) is 56.8 Å². The third-order valence-corrected chi connectivity index (χ3v) is 6.20. The SMILES string of the molecule is O=C(N[C@H](OC[C@H]1CCCN2CCCC[C@H]12)C(Cl)(Cl)Cl)c1ccc([N+](=O)[O-])cc1. The van der Waals surface area contributed by atoms with E-state index in [1.54, 1.807) is 0 Å².